The summed E-state index contributed by atoms with van der Waals surface area (Å²) in [4.78, 5) is 12.4. The molecule has 4 aromatic rings. The van der Waals surface area contributed by atoms with Gasteiger partial charge in [-0.1, -0.05) is 54.2 Å². The Morgan fingerprint density at radius 3 is 2.58 bits per heavy atom. The van der Waals surface area contributed by atoms with Crippen LogP contribution in [0.5, 0.6) is 5.75 Å². The first kappa shape index (κ1) is 20.6. The minimum atomic E-state index is -0.478. The monoisotopic (exact) mass is 434 g/mol. The fraction of sp³-hybridized carbons (Fsp3) is 0.0870. The molecular weight excluding hydrogens is 415 g/mol. The van der Waals surface area contributed by atoms with Gasteiger partial charge in [0.15, 0.2) is 11.0 Å². The Balaban J connectivity index is 1.61. The number of anilines is 1. The normalized spacial score (nSPS) is 10.6. The molecule has 0 aliphatic heterocycles. The number of methoxy groups -OCH3 is 1. The highest BCUT2D eigenvalue weighted by Gasteiger charge is 2.18. The van der Waals surface area contributed by atoms with Crippen LogP contribution in [0, 0.1) is 5.82 Å². The van der Waals surface area contributed by atoms with Crippen LogP contribution < -0.4 is 10.1 Å². The van der Waals surface area contributed by atoms with Crippen LogP contribution in [0.2, 0.25) is 0 Å². The molecular formula is C23H19FN4O2S. The zero-order valence-corrected chi connectivity index (χ0v) is 17.5. The first-order chi connectivity index (χ1) is 15.2. The number of aromatic nitrogens is 3. The quantitative estimate of drug-likeness (QED) is 0.423. The van der Waals surface area contributed by atoms with E-state index in [1.54, 1.807) is 19.2 Å². The van der Waals surface area contributed by atoms with E-state index in [2.05, 4.69) is 15.5 Å². The Bertz CT molecular complexity index is 1200. The Morgan fingerprint density at radius 2 is 1.81 bits per heavy atom. The van der Waals surface area contributed by atoms with Crippen LogP contribution in [0.15, 0.2) is 84.0 Å². The van der Waals surface area contributed by atoms with Gasteiger partial charge in [-0.2, -0.15) is 0 Å². The van der Waals surface area contributed by atoms with E-state index in [-0.39, 0.29) is 17.3 Å². The number of halogens is 1. The number of nitrogens with one attached hydrogen (secondary N) is 1. The molecule has 0 aliphatic carbocycles. The first-order valence-electron chi connectivity index (χ1n) is 9.48. The number of ether oxygens (including phenoxy) is 1. The second-order valence-corrected chi connectivity index (χ2v) is 7.47. The van der Waals surface area contributed by atoms with Gasteiger partial charge in [-0.3, -0.25) is 9.36 Å². The highest BCUT2D eigenvalue weighted by molar-refractivity contribution is 7.99. The molecule has 0 saturated heterocycles. The standard InChI is InChI=1S/C23H19FN4O2S/c1-30-18-11-7-8-16(14-18)22-26-27-23(28(22)17-9-3-2-4-10-17)31-15-21(29)25-20-13-6-5-12-19(20)24/h2-14H,15H2,1H3,(H,25,29). The highest BCUT2D eigenvalue weighted by atomic mass is 32.2. The maximum absolute atomic E-state index is 13.8. The van der Waals surface area contributed by atoms with Crippen molar-refractivity contribution in [2.45, 2.75) is 5.16 Å². The highest BCUT2D eigenvalue weighted by Crippen LogP contribution is 2.29. The van der Waals surface area contributed by atoms with Crippen LogP contribution in [-0.2, 0) is 4.79 Å². The lowest BCUT2D eigenvalue weighted by atomic mass is 10.2. The van der Waals surface area contributed by atoms with Crippen LogP contribution in [0.4, 0.5) is 10.1 Å². The lowest BCUT2D eigenvalue weighted by Crippen LogP contribution is -2.15. The zero-order valence-electron chi connectivity index (χ0n) is 16.7. The number of rotatable bonds is 7. The number of carbonyl (C=O) groups is 1. The molecule has 0 atom stereocenters. The molecule has 8 heteroatoms. The van der Waals surface area contributed by atoms with E-state index in [1.165, 1.54) is 23.9 Å². The van der Waals surface area contributed by atoms with Crippen LogP contribution in [0.25, 0.3) is 17.1 Å². The molecule has 0 saturated carbocycles. The van der Waals surface area contributed by atoms with Crippen LogP contribution >= 0.6 is 11.8 Å². The van der Waals surface area contributed by atoms with E-state index >= 15 is 0 Å². The van der Waals surface area contributed by atoms with Gasteiger partial charge in [0.1, 0.15) is 11.6 Å². The van der Waals surface area contributed by atoms with Gasteiger partial charge in [-0.25, -0.2) is 4.39 Å². The van der Waals surface area contributed by atoms with Gasteiger partial charge < -0.3 is 10.1 Å². The Hall–Kier alpha value is -3.65. The summed E-state index contributed by atoms with van der Waals surface area (Å²) in [5.41, 5.74) is 1.84. The molecule has 0 radical (unpaired) electrons. The Morgan fingerprint density at radius 1 is 1.03 bits per heavy atom. The number of para-hydroxylation sites is 2. The number of hydrogen-bond acceptors (Lipinski definition) is 5. The van der Waals surface area contributed by atoms with Gasteiger partial charge in [-0.15, -0.1) is 10.2 Å². The van der Waals surface area contributed by atoms with Crippen LogP contribution in [-0.4, -0.2) is 33.5 Å². The molecule has 0 bridgehead atoms. The molecule has 0 fully saturated rings. The number of carbonyl (C=O) groups excluding carboxylic acids is 1. The lowest BCUT2D eigenvalue weighted by Gasteiger charge is -2.11. The fourth-order valence-electron chi connectivity index (χ4n) is 3.00. The molecule has 0 unspecified atom stereocenters. The predicted octanol–water partition coefficient (Wildman–Crippen LogP) is 4.81. The minimum absolute atomic E-state index is 0.0530. The fourth-order valence-corrected chi connectivity index (χ4v) is 3.75. The zero-order chi connectivity index (χ0) is 21.6. The largest absolute Gasteiger partial charge is 0.497 e. The van der Waals surface area contributed by atoms with E-state index in [0.29, 0.717) is 16.7 Å². The second kappa shape index (κ2) is 9.44. The third kappa shape index (κ3) is 4.75. The number of nitrogens with zero attached hydrogens (tertiary/aromatic N) is 3. The van der Waals surface area contributed by atoms with Crippen LogP contribution in [0.3, 0.4) is 0 Å². The van der Waals surface area contributed by atoms with Gasteiger partial charge in [0, 0.05) is 11.3 Å². The molecule has 3 aromatic carbocycles. The molecule has 0 aliphatic rings. The van der Waals surface area contributed by atoms with Crippen molar-refractivity contribution in [1.82, 2.24) is 14.8 Å². The van der Waals surface area contributed by atoms with Gasteiger partial charge in [0.05, 0.1) is 18.6 Å². The summed E-state index contributed by atoms with van der Waals surface area (Å²) in [6.07, 6.45) is 0. The van der Waals surface area contributed by atoms with Crippen molar-refractivity contribution in [1.29, 1.82) is 0 Å². The number of thioether (sulfide) groups is 1. The minimum Gasteiger partial charge on any atom is -0.497 e. The van der Waals surface area contributed by atoms with Crippen molar-refractivity contribution in [2.24, 2.45) is 0 Å². The summed E-state index contributed by atoms with van der Waals surface area (Å²) in [5.74, 6) is 0.576. The van der Waals surface area contributed by atoms with Crippen molar-refractivity contribution in [3.8, 4) is 22.8 Å². The van der Waals surface area contributed by atoms with Gasteiger partial charge in [0.2, 0.25) is 5.91 Å². The Kier molecular flexibility index (Phi) is 6.28. The maximum atomic E-state index is 13.8. The number of amides is 1. The molecule has 0 spiro atoms. The van der Waals surface area contributed by atoms with Gasteiger partial charge >= 0.3 is 0 Å². The van der Waals surface area contributed by atoms with Crippen molar-refractivity contribution >= 4 is 23.4 Å². The summed E-state index contributed by atoms with van der Waals surface area (Å²) >= 11 is 1.22. The average molecular weight is 434 g/mol. The molecule has 1 aromatic heterocycles. The summed E-state index contributed by atoms with van der Waals surface area (Å²) in [5, 5.41) is 11.8. The smallest absolute Gasteiger partial charge is 0.234 e. The summed E-state index contributed by atoms with van der Waals surface area (Å²) < 4.78 is 21.0. The lowest BCUT2D eigenvalue weighted by molar-refractivity contribution is -0.113. The topological polar surface area (TPSA) is 69.0 Å². The first-order valence-corrected chi connectivity index (χ1v) is 10.5. The summed E-state index contributed by atoms with van der Waals surface area (Å²) in [7, 11) is 1.61. The molecule has 6 nitrogen and oxygen atoms in total. The van der Waals surface area contributed by atoms with Gasteiger partial charge in [-0.05, 0) is 36.4 Å². The Labute approximate surface area is 183 Å². The summed E-state index contributed by atoms with van der Waals surface area (Å²) in [6.45, 7) is 0. The SMILES string of the molecule is COc1cccc(-c2nnc(SCC(=O)Nc3ccccc3F)n2-c2ccccc2)c1. The average Bonchev–Trinajstić information content (AvgIpc) is 3.24. The van der Waals surface area contributed by atoms with E-state index < -0.39 is 5.82 Å². The predicted molar refractivity (Wildman–Crippen MR) is 119 cm³/mol. The molecule has 156 valence electrons. The third-order valence-corrected chi connectivity index (χ3v) is 5.38. The number of benzene rings is 3. The summed E-state index contributed by atoms with van der Waals surface area (Å²) in [6, 6.07) is 23.2. The van der Waals surface area contributed by atoms with Crippen molar-refractivity contribution in [2.75, 3.05) is 18.2 Å². The van der Waals surface area contributed by atoms with E-state index in [9.17, 15) is 9.18 Å². The second-order valence-electron chi connectivity index (χ2n) is 6.53. The van der Waals surface area contributed by atoms with E-state index in [4.69, 9.17) is 4.74 Å². The molecule has 1 amide bonds. The van der Waals surface area contributed by atoms with E-state index in [1.807, 2.05) is 59.2 Å². The van der Waals surface area contributed by atoms with Gasteiger partial charge in [0.25, 0.3) is 0 Å². The van der Waals surface area contributed by atoms with Crippen molar-refractivity contribution in [3.05, 3.63) is 84.7 Å². The van der Waals surface area contributed by atoms with Crippen molar-refractivity contribution < 1.29 is 13.9 Å². The molecule has 1 heterocycles. The van der Waals surface area contributed by atoms with Crippen molar-refractivity contribution in [3.63, 3.8) is 0 Å². The van der Waals surface area contributed by atoms with Crippen LogP contribution in [0.1, 0.15) is 0 Å². The molecule has 4 rings (SSSR count). The maximum Gasteiger partial charge on any atom is 0.234 e. The van der Waals surface area contributed by atoms with E-state index in [0.717, 1.165) is 11.3 Å². The number of hydrogen-bond donors (Lipinski definition) is 1. The molecule has 1 N–H and O–H groups in total. The molecule has 31 heavy (non-hydrogen) atoms. The third-order valence-electron chi connectivity index (χ3n) is 4.46.